The van der Waals surface area contributed by atoms with Crippen molar-refractivity contribution in [2.75, 3.05) is 38.1 Å². The van der Waals surface area contributed by atoms with E-state index in [4.69, 9.17) is 0 Å². The molecule has 4 nitrogen and oxygen atoms in total. The van der Waals surface area contributed by atoms with Crippen LogP contribution in [0.25, 0.3) is 0 Å². The Kier molecular flexibility index (Phi) is 2.40. The minimum absolute atomic E-state index is 0.965. The maximum absolute atomic E-state index is 4.22. The highest BCUT2D eigenvalue weighted by Gasteiger charge is 2.14. The van der Waals surface area contributed by atoms with Crippen LogP contribution in [0.4, 0.5) is 5.82 Å². The van der Waals surface area contributed by atoms with Gasteiger partial charge in [-0.05, 0) is 7.05 Å². The van der Waals surface area contributed by atoms with E-state index in [0.717, 1.165) is 32.0 Å². The Bertz CT molecular complexity index is 254. The zero-order chi connectivity index (χ0) is 9.10. The zero-order valence-corrected chi connectivity index (χ0v) is 7.77. The third-order valence-corrected chi connectivity index (χ3v) is 2.34. The Morgan fingerprint density at radius 3 is 2.69 bits per heavy atom. The highest BCUT2D eigenvalue weighted by molar-refractivity contribution is 5.35. The smallest absolute Gasteiger partial charge is 0.147 e. The van der Waals surface area contributed by atoms with E-state index in [1.807, 2.05) is 0 Å². The van der Waals surface area contributed by atoms with Crippen LogP contribution in [0.3, 0.4) is 0 Å². The molecule has 0 unspecified atom stereocenters. The molecule has 69 valence electrons. The van der Waals surface area contributed by atoms with Gasteiger partial charge in [-0.2, -0.15) is 0 Å². The normalized spacial score (nSPS) is 19.0. The summed E-state index contributed by atoms with van der Waals surface area (Å²) in [6.07, 6.45) is 6.07. The van der Waals surface area contributed by atoms with Gasteiger partial charge in [0.1, 0.15) is 12.0 Å². The van der Waals surface area contributed by atoms with Crippen LogP contribution in [0, 0.1) is 6.20 Å². The highest BCUT2D eigenvalue weighted by atomic mass is 15.3. The minimum atomic E-state index is 0.965. The molecule has 1 aromatic heterocycles. The average molecular weight is 177 g/mol. The van der Waals surface area contributed by atoms with Gasteiger partial charge in [-0.1, -0.05) is 0 Å². The van der Waals surface area contributed by atoms with Gasteiger partial charge >= 0.3 is 0 Å². The number of hydrogen-bond donors (Lipinski definition) is 0. The van der Waals surface area contributed by atoms with E-state index >= 15 is 0 Å². The van der Waals surface area contributed by atoms with Crippen molar-refractivity contribution >= 4 is 5.82 Å². The van der Waals surface area contributed by atoms with Crippen LogP contribution in [0.15, 0.2) is 12.4 Å². The van der Waals surface area contributed by atoms with Crippen molar-refractivity contribution in [2.24, 2.45) is 0 Å². The summed E-state index contributed by atoms with van der Waals surface area (Å²) in [7, 11) is 2.14. The van der Waals surface area contributed by atoms with Crippen LogP contribution in [0.2, 0.25) is 0 Å². The fourth-order valence-electron chi connectivity index (χ4n) is 1.46. The molecule has 4 heteroatoms. The average Bonchev–Trinajstić information content (AvgIpc) is 2.20. The van der Waals surface area contributed by atoms with E-state index in [0.29, 0.717) is 0 Å². The Morgan fingerprint density at radius 1 is 1.31 bits per heavy atom. The zero-order valence-electron chi connectivity index (χ0n) is 7.77. The molecule has 1 fully saturated rings. The Morgan fingerprint density at radius 2 is 2.08 bits per heavy atom. The number of likely N-dealkylation sites (N-methyl/N-ethyl adjacent to an activating group) is 1. The molecule has 0 bridgehead atoms. The summed E-state index contributed by atoms with van der Waals surface area (Å²) in [6, 6.07) is 0. The maximum atomic E-state index is 4.22. The number of hydrogen-bond acceptors (Lipinski definition) is 4. The van der Waals surface area contributed by atoms with Crippen molar-refractivity contribution in [3.63, 3.8) is 0 Å². The van der Waals surface area contributed by atoms with Crippen molar-refractivity contribution < 1.29 is 0 Å². The van der Waals surface area contributed by atoms with Crippen molar-refractivity contribution in [1.29, 1.82) is 0 Å². The molecule has 1 saturated heterocycles. The molecule has 0 aromatic carbocycles. The molecule has 0 saturated carbocycles. The van der Waals surface area contributed by atoms with Crippen LogP contribution >= 0.6 is 0 Å². The molecule has 13 heavy (non-hydrogen) atoms. The lowest BCUT2D eigenvalue weighted by Crippen LogP contribution is -2.44. The molecule has 0 N–H and O–H groups in total. The minimum Gasteiger partial charge on any atom is -0.353 e. The molecule has 2 rings (SSSR count). The van der Waals surface area contributed by atoms with Crippen LogP contribution in [0.5, 0.6) is 0 Å². The molecule has 0 spiro atoms. The second-order valence-electron chi connectivity index (χ2n) is 3.29. The van der Waals surface area contributed by atoms with Gasteiger partial charge in [-0.3, -0.25) is 0 Å². The van der Waals surface area contributed by atoms with E-state index in [1.165, 1.54) is 0 Å². The van der Waals surface area contributed by atoms with Crippen LogP contribution < -0.4 is 4.90 Å². The Hall–Kier alpha value is -1.16. The van der Waals surface area contributed by atoms with E-state index in [2.05, 4.69) is 33.0 Å². The van der Waals surface area contributed by atoms with Gasteiger partial charge in [0.05, 0.1) is 12.4 Å². The molecular weight excluding hydrogens is 164 g/mol. The van der Waals surface area contributed by atoms with Gasteiger partial charge < -0.3 is 9.80 Å². The summed E-state index contributed by atoms with van der Waals surface area (Å²) in [4.78, 5) is 12.7. The van der Waals surface area contributed by atoms with Crippen molar-refractivity contribution in [1.82, 2.24) is 14.9 Å². The SMILES string of the molecule is CN1CCN(c2cn[c]cn2)CC1. The number of aromatic nitrogens is 2. The molecule has 1 radical (unpaired) electrons. The van der Waals surface area contributed by atoms with Gasteiger partial charge in [-0.15, -0.1) is 0 Å². The van der Waals surface area contributed by atoms with Gasteiger partial charge in [-0.25, -0.2) is 9.97 Å². The monoisotopic (exact) mass is 177 g/mol. The van der Waals surface area contributed by atoms with Crippen molar-refractivity contribution in [3.05, 3.63) is 18.6 Å². The maximum Gasteiger partial charge on any atom is 0.147 e. The number of nitrogens with zero attached hydrogens (tertiary/aromatic N) is 4. The largest absolute Gasteiger partial charge is 0.353 e. The summed E-state index contributed by atoms with van der Waals surface area (Å²) in [5.41, 5.74) is 0. The summed E-state index contributed by atoms with van der Waals surface area (Å²) >= 11 is 0. The first kappa shape index (κ1) is 8.44. The molecule has 1 aliphatic rings. The number of rotatable bonds is 1. The lowest BCUT2D eigenvalue weighted by Gasteiger charge is -2.32. The highest BCUT2D eigenvalue weighted by Crippen LogP contribution is 2.09. The lowest BCUT2D eigenvalue weighted by atomic mass is 10.3. The third-order valence-electron chi connectivity index (χ3n) is 2.34. The molecule has 0 amide bonds. The topological polar surface area (TPSA) is 32.3 Å². The standard InChI is InChI=1S/C9H13N4/c1-12-4-6-13(7-5-12)9-8-10-2-3-11-9/h3,8H,4-7H2,1H3. The molecule has 1 aromatic rings. The molecular formula is C9H13N4. The van der Waals surface area contributed by atoms with Gasteiger partial charge in [0.2, 0.25) is 0 Å². The van der Waals surface area contributed by atoms with Gasteiger partial charge in [0.15, 0.2) is 0 Å². The van der Waals surface area contributed by atoms with Crippen LogP contribution in [0.1, 0.15) is 0 Å². The van der Waals surface area contributed by atoms with Crippen molar-refractivity contribution in [2.45, 2.75) is 0 Å². The first-order valence-electron chi connectivity index (χ1n) is 4.48. The quantitative estimate of drug-likeness (QED) is 0.605. The first-order chi connectivity index (χ1) is 6.36. The van der Waals surface area contributed by atoms with Crippen molar-refractivity contribution in [3.8, 4) is 0 Å². The molecule has 2 heterocycles. The fourth-order valence-corrected chi connectivity index (χ4v) is 1.46. The predicted molar refractivity (Wildman–Crippen MR) is 50.6 cm³/mol. The van der Waals surface area contributed by atoms with Crippen LogP contribution in [-0.2, 0) is 0 Å². The molecule has 0 aliphatic carbocycles. The first-order valence-corrected chi connectivity index (χ1v) is 4.48. The summed E-state index contributed by atoms with van der Waals surface area (Å²) in [5, 5.41) is 0. The summed E-state index contributed by atoms with van der Waals surface area (Å²) in [5.74, 6) is 0.965. The van der Waals surface area contributed by atoms with Gasteiger partial charge in [0.25, 0.3) is 0 Å². The Balaban J connectivity index is 2.03. The molecule has 1 aliphatic heterocycles. The summed E-state index contributed by atoms with van der Waals surface area (Å²) < 4.78 is 0. The second kappa shape index (κ2) is 3.70. The third kappa shape index (κ3) is 1.95. The second-order valence-corrected chi connectivity index (χ2v) is 3.29. The fraction of sp³-hybridized carbons (Fsp3) is 0.556. The van der Waals surface area contributed by atoms with E-state index in [9.17, 15) is 0 Å². The van der Waals surface area contributed by atoms with E-state index in [-0.39, 0.29) is 0 Å². The Labute approximate surface area is 78.2 Å². The van der Waals surface area contributed by atoms with E-state index < -0.39 is 0 Å². The summed E-state index contributed by atoms with van der Waals surface area (Å²) in [6.45, 7) is 4.27. The lowest BCUT2D eigenvalue weighted by molar-refractivity contribution is 0.312. The molecule has 0 atom stereocenters. The number of piperazine rings is 1. The predicted octanol–water partition coefficient (Wildman–Crippen LogP) is 0.0286. The van der Waals surface area contributed by atoms with E-state index in [1.54, 1.807) is 12.4 Å². The van der Waals surface area contributed by atoms with Crippen LogP contribution in [-0.4, -0.2) is 48.1 Å². The van der Waals surface area contributed by atoms with Gasteiger partial charge in [0, 0.05) is 26.2 Å². The number of anilines is 1.